The fourth-order valence-electron chi connectivity index (χ4n) is 3.09. The van der Waals surface area contributed by atoms with Crippen molar-refractivity contribution in [3.05, 3.63) is 48.5 Å². The Labute approximate surface area is 158 Å². The van der Waals surface area contributed by atoms with Crippen LogP contribution in [0.4, 0.5) is 21.9 Å². The Bertz CT molecular complexity index is 816. The summed E-state index contributed by atoms with van der Waals surface area (Å²) in [6.07, 6.45) is 0. The van der Waals surface area contributed by atoms with E-state index in [2.05, 4.69) is 15.5 Å². The molecule has 7 heteroatoms. The second-order valence-corrected chi connectivity index (χ2v) is 6.34. The normalized spacial score (nSPS) is 13.9. The molecule has 0 aromatic heterocycles. The van der Waals surface area contributed by atoms with Crippen LogP contribution in [0.3, 0.4) is 0 Å². The molecule has 1 heterocycles. The number of methoxy groups -OCH3 is 1. The second-order valence-electron chi connectivity index (χ2n) is 6.34. The van der Waals surface area contributed by atoms with Gasteiger partial charge in [0.1, 0.15) is 5.75 Å². The lowest BCUT2D eigenvalue weighted by molar-refractivity contribution is -0.114. The predicted octanol–water partition coefficient (Wildman–Crippen LogP) is 3.01. The molecule has 27 heavy (non-hydrogen) atoms. The van der Waals surface area contributed by atoms with E-state index in [4.69, 9.17) is 4.74 Å². The number of ether oxygens (including phenoxy) is 1. The van der Waals surface area contributed by atoms with Crippen LogP contribution in [-0.2, 0) is 4.79 Å². The summed E-state index contributed by atoms with van der Waals surface area (Å²) in [4.78, 5) is 27.8. The minimum Gasteiger partial charge on any atom is -0.495 e. The highest BCUT2D eigenvalue weighted by atomic mass is 16.5. The molecule has 2 aromatic carbocycles. The Kier molecular flexibility index (Phi) is 5.80. The minimum absolute atomic E-state index is 0.0926. The van der Waals surface area contributed by atoms with Crippen molar-refractivity contribution in [1.29, 1.82) is 0 Å². The first-order valence-electron chi connectivity index (χ1n) is 8.88. The summed E-state index contributed by atoms with van der Waals surface area (Å²) in [6.45, 7) is 4.17. The van der Waals surface area contributed by atoms with E-state index in [1.807, 2.05) is 48.5 Å². The lowest BCUT2D eigenvalue weighted by Crippen LogP contribution is -2.50. The SMILES string of the molecule is COc1ccccc1NC(=O)N1CCN(c2cccc(NC(C)=O)c2)CC1. The van der Waals surface area contributed by atoms with E-state index in [1.54, 1.807) is 12.0 Å². The van der Waals surface area contributed by atoms with Crippen LogP contribution in [0.5, 0.6) is 5.75 Å². The number of hydrogen-bond acceptors (Lipinski definition) is 4. The summed E-state index contributed by atoms with van der Waals surface area (Å²) in [5.74, 6) is 0.546. The number of piperazine rings is 1. The van der Waals surface area contributed by atoms with Gasteiger partial charge in [0.2, 0.25) is 5.91 Å². The number of benzene rings is 2. The van der Waals surface area contributed by atoms with E-state index < -0.39 is 0 Å². The molecule has 0 unspecified atom stereocenters. The van der Waals surface area contributed by atoms with Crippen LogP contribution in [0.2, 0.25) is 0 Å². The molecule has 2 N–H and O–H groups in total. The highest BCUT2D eigenvalue weighted by Crippen LogP contribution is 2.24. The smallest absolute Gasteiger partial charge is 0.322 e. The van der Waals surface area contributed by atoms with E-state index in [1.165, 1.54) is 6.92 Å². The minimum atomic E-state index is -0.133. The highest BCUT2D eigenvalue weighted by Gasteiger charge is 2.22. The number of urea groups is 1. The van der Waals surface area contributed by atoms with Gasteiger partial charge in [0, 0.05) is 44.5 Å². The van der Waals surface area contributed by atoms with Gasteiger partial charge < -0.3 is 25.2 Å². The van der Waals surface area contributed by atoms with Crippen LogP contribution in [0.25, 0.3) is 0 Å². The summed E-state index contributed by atoms with van der Waals surface area (Å²) in [5, 5.41) is 5.71. The van der Waals surface area contributed by atoms with Crippen molar-refractivity contribution >= 4 is 29.0 Å². The first-order chi connectivity index (χ1) is 13.1. The van der Waals surface area contributed by atoms with E-state index in [0.717, 1.165) is 24.5 Å². The quantitative estimate of drug-likeness (QED) is 0.870. The zero-order chi connectivity index (χ0) is 19.2. The Morgan fingerprint density at radius 3 is 2.41 bits per heavy atom. The molecule has 0 saturated carbocycles. The first-order valence-corrected chi connectivity index (χ1v) is 8.88. The van der Waals surface area contributed by atoms with Gasteiger partial charge >= 0.3 is 6.03 Å². The molecule has 1 saturated heterocycles. The third-order valence-electron chi connectivity index (χ3n) is 4.45. The maximum Gasteiger partial charge on any atom is 0.322 e. The van der Waals surface area contributed by atoms with Gasteiger partial charge in [0.15, 0.2) is 0 Å². The van der Waals surface area contributed by atoms with Gasteiger partial charge in [-0.15, -0.1) is 0 Å². The molecule has 0 bridgehead atoms. The van der Waals surface area contributed by atoms with Gasteiger partial charge in [-0.1, -0.05) is 18.2 Å². The fraction of sp³-hybridized carbons (Fsp3) is 0.300. The van der Waals surface area contributed by atoms with Crippen molar-refractivity contribution in [2.45, 2.75) is 6.92 Å². The van der Waals surface area contributed by atoms with Gasteiger partial charge in [0.05, 0.1) is 12.8 Å². The summed E-state index contributed by atoms with van der Waals surface area (Å²) < 4.78 is 5.28. The van der Waals surface area contributed by atoms with E-state index in [0.29, 0.717) is 24.5 Å². The predicted molar refractivity (Wildman–Crippen MR) is 107 cm³/mol. The van der Waals surface area contributed by atoms with Crippen molar-refractivity contribution in [1.82, 2.24) is 4.90 Å². The van der Waals surface area contributed by atoms with Crippen LogP contribution >= 0.6 is 0 Å². The summed E-state index contributed by atoms with van der Waals surface area (Å²) in [7, 11) is 1.58. The van der Waals surface area contributed by atoms with Gasteiger partial charge in [-0.25, -0.2) is 4.79 Å². The maximum absolute atomic E-state index is 12.5. The number of anilines is 3. The molecule has 3 rings (SSSR count). The number of carbonyl (C=O) groups excluding carboxylic acids is 2. The summed E-state index contributed by atoms with van der Waals surface area (Å²) in [6, 6.07) is 15.0. The molecule has 142 valence electrons. The van der Waals surface area contributed by atoms with Gasteiger partial charge in [-0.05, 0) is 30.3 Å². The number of carbonyl (C=O) groups is 2. The third kappa shape index (κ3) is 4.69. The molecule has 0 atom stereocenters. The van der Waals surface area contributed by atoms with Crippen LogP contribution in [0, 0.1) is 0 Å². The zero-order valence-electron chi connectivity index (χ0n) is 15.6. The Balaban J connectivity index is 1.58. The number of para-hydroxylation sites is 2. The fourth-order valence-corrected chi connectivity index (χ4v) is 3.09. The summed E-state index contributed by atoms with van der Waals surface area (Å²) in [5.41, 5.74) is 2.47. The second kappa shape index (κ2) is 8.44. The standard InChI is InChI=1S/C20H24N4O3/c1-15(25)21-16-6-5-7-17(14-16)23-10-12-24(13-11-23)20(26)22-18-8-3-4-9-19(18)27-2/h3-9,14H,10-13H2,1-2H3,(H,21,25)(H,22,26). The number of amides is 3. The Morgan fingerprint density at radius 1 is 0.963 bits per heavy atom. The van der Waals surface area contributed by atoms with Crippen molar-refractivity contribution < 1.29 is 14.3 Å². The molecule has 7 nitrogen and oxygen atoms in total. The molecule has 0 spiro atoms. The van der Waals surface area contributed by atoms with Gasteiger partial charge in [-0.2, -0.15) is 0 Å². The number of nitrogens with one attached hydrogen (secondary N) is 2. The lowest BCUT2D eigenvalue weighted by atomic mass is 10.2. The van der Waals surface area contributed by atoms with Crippen LogP contribution in [0.1, 0.15) is 6.92 Å². The lowest BCUT2D eigenvalue weighted by Gasteiger charge is -2.36. The molecule has 1 fully saturated rings. The van der Waals surface area contributed by atoms with Crippen molar-refractivity contribution in [2.24, 2.45) is 0 Å². The Hall–Kier alpha value is -3.22. The molecule has 0 radical (unpaired) electrons. The highest BCUT2D eigenvalue weighted by molar-refractivity contribution is 5.91. The molecular weight excluding hydrogens is 344 g/mol. The van der Waals surface area contributed by atoms with Gasteiger partial charge in [0.25, 0.3) is 0 Å². The summed E-state index contributed by atoms with van der Waals surface area (Å²) >= 11 is 0. The monoisotopic (exact) mass is 368 g/mol. The molecule has 2 aromatic rings. The van der Waals surface area contributed by atoms with Gasteiger partial charge in [-0.3, -0.25) is 4.79 Å². The average molecular weight is 368 g/mol. The van der Waals surface area contributed by atoms with Crippen molar-refractivity contribution in [3.8, 4) is 5.75 Å². The number of nitrogens with zero attached hydrogens (tertiary/aromatic N) is 2. The Morgan fingerprint density at radius 2 is 1.70 bits per heavy atom. The molecule has 0 aliphatic carbocycles. The molecule has 1 aliphatic heterocycles. The average Bonchev–Trinajstić information content (AvgIpc) is 2.68. The third-order valence-corrected chi connectivity index (χ3v) is 4.45. The van der Waals surface area contributed by atoms with E-state index in [-0.39, 0.29) is 11.9 Å². The van der Waals surface area contributed by atoms with E-state index in [9.17, 15) is 9.59 Å². The maximum atomic E-state index is 12.5. The zero-order valence-corrected chi connectivity index (χ0v) is 15.6. The van der Waals surface area contributed by atoms with Crippen molar-refractivity contribution in [3.63, 3.8) is 0 Å². The van der Waals surface area contributed by atoms with Crippen LogP contribution in [-0.4, -0.2) is 50.1 Å². The number of hydrogen-bond donors (Lipinski definition) is 2. The van der Waals surface area contributed by atoms with E-state index >= 15 is 0 Å². The molecule has 1 aliphatic rings. The molecule has 3 amide bonds. The van der Waals surface area contributed by atoms with Crippen LogP contribution in [0.15, 0.2) is 48.5 Å². The molecular formula is C20H24N4O3. The largest absolute Gasteiger partial charge is 0.495 e. The topological polar surface area (TPSA) is 73.9 Å². The van der Waals surface area contributed by atoms with Crippen LogP contribution < -0.4 is 20.3 Å². The first kappa shape index (κ1) is 18.6. The van der Waals surface area contributed by atoms with Crippen molar-refractivity contribution in [2.75, 3.05) is 48.8 Å². The number of rotatable bonds is 4.